The summed E-state index contributed by atoms with van der Waals surface area (Å²) in [7, 11) is 0. The molecule has 4 nitrogen and oxygen atoms in total. The number of para-hydroxylation sites is 1. The molecule has 0 bridgehead atoms. The second-order valence-corrected chi connectivity index (χ2v) is 5.82. The Balaban J connectivity index is 0.00000161. The molecule has 2 unspecified atom stereocenters. The molecule has 2 atom stereocenters. The predicted molar refractivity (Wildman–Crippen MR) is 85.1 cm³/mol. The first kappa shape index (κ1) is 16.1. The molecule has 0 saturated carbocycles. The zero-order valence-electron chi connectivity index (χ0n) is 12.3. The Morgan fingerprint density at radius 2 is 2.19 bits per heavy atom. The van der Waals surface area contributed by atoms with Gasteiger partial charge in [-0.15, -0.1) is 12.4 Å². The molecule has 1 fully saturated rings. The summed E-state index contributed by atoms with van der Waals surface area (Å²) in [6.45, 7) is 5.41. The van der Waals surface area contributed by atoms with Crippen molar-refractivity contribution in [2.75, 3.05) is 26.2 Å². The largest absolute Gasteiger partial charge is 0.493 e. The van der Waals surface area contributed by atoms with E-state index in [2.05, 4.69) is 16.7 Å². The van der Waals surface area contributed by atoms with E-state index in [1.807, 2.05) is 25.1 Å². The van der Waals surface area contributed by atoms with Crippen LogP contribution in [0.25, 0.3) is 0 Å². The third-order valence-corrected chi connectivity index (χ3v) is 4.54. The van der Waals surface area contributed by atoms with E-state index >= 15 is 0 Å². The zero-order chi connectivity index (χ0) is 13.9. The summed E-state index contributed by atoms with van der Waals surface area (Å²) in [5, 5.41) is 6.34. The summed E-state index contributed by atoms with van der Waals surface area (Å²) < 4.78 is 5.65. The molecule has 116 valence electrons. The van der Waals surface area contributed by atoms with E-state index in [9.17, 15) is 4.79 Å². The highest BCUT2D eigenvalue weighted by Crippen LogP contribution is 2.32. The van der Waals surface area contributed by atoms with Gasteiger partial charge in [0.25, 0.3) is 0 Å². The fourth-order valence-corrected chi connectivity index (χ4v) is 2.89. The Morgan fingerprint density at radius 3 is 2.90 bits per heavy atom. The van der Waals surface area contributed by atoms with E-state index in [0.29, 0.717) is 18.4 Å². The second-order valence-electron chi connectivity index (χ2n) is 5.82. The van der Waals surface area contributed by atoms with Crippen LogP contribution in [0, 0.1) is 11.8 Å². The molecule has 2 aliphatic rings. The predicted octanol–water partition coefficient (Wildman–Crippen LogP) is 1.95. The molecular weight excluding hydrogens is 288 g/mol. The Labute approximate surface area is 132 Å². The van der Waals surface area contributed by atoms with Gasteiger partial charge in [-0.25, -0.2) is 0 Å². The molecule has 3 rings (SSSR count). The third kappa shape index (κ3) is 3.50. The van der Waals surface area contributed by atoms with Gasteiger partial charge in [0.05, 0.1) is 6.61 Å². The van der Waals surface area contributed by atoms with Crippen molar-refractivity contribution in [1.82, 2.24) is 10.6 Å². The highest BCUT2D eigenvalue weighted by atomic mass is 35.5. The number of hydrogen-bond donors (Lipinski definition) is 2. The minimum Gasteiger partial charge on any atom is -0.493 e. The van der Waals surface area contributed by atoms with Crippen LogP contribution in [0.1, 0.15) is 24.8 Å². The molecular formula is C16H23ClN2O2. The number of hydrogen-bond acceptors (Lipinski definition) is 3. The maximum Gasteiger partial charge on any atom is 0.223 e. The van der Waals surface area contributed by atoms with Gasteiger partial charge in [0, 0.05) is 18.4 Å². The first-order valence-corrected chi connectivity index (χ1v) is 7.46. The van der Waals surface area contributed by atoms with Gasteiger partial charge >= 0.3 is 0 Å². The molecule has 1 aromatic carbocycles. The van der Waals surface area contributed by atoms with Gasteiger partial charge in [0.15, 0.2) is 0 Å². The molecule has 2 N–H and O–H groups in total. The van der Waals surface area contributed by atoms with Crippen LogP contribution < -0.4 is 15.4 Å². The molecule has 5 heteroatoms. The van der Waals surface area contributed by atoms with Gasteiger partial charge in [0.2, 0.25) is 5.91 Å². The van der Waals surface area contributed by atoms with E-state index in [4.69, 9.17) is 4.74 Å². The molecule has 2 heterocycles. The lowest BCUT2D eigenvalue weighted by molar-refractivity contribution is -0.126. The van der Waals surface area contributed by atoms with Gasteiger partial charge in [-0.3, -0.25) is 4.79 Å². The molecule has 0 aromatic heterocycles. The lowest BCUT2D eigenvalue weighted by atomic mass is 9.88. The summed E-state index contributed by atoms with van der Waals surface area (Å²) in [5.74, 6) is 2.12. The average Bonchev–Trinajstić information content (AvgIpc) is 2.42. The number of carbonyl (C=O) groups excluding carboxylic acids is 1. The minimum atomic E-state index is 0. The van der Waals surface area contributed by atoms with Gasteiger partial charge < -0.3 is 15.4 Å². The number of halogens is 1. The molecule has 0 aliphatic carbocycles. The van der Waals surface area contributed by atoms with Crippen molar-refractivity contribution in [2.45, 2.75) is 19.3 Å². The van der Waals surface area contributed by atoms with Crippen LogP contribution in [0.15, 0.2) is 24.3 Å². The lowest BCUT2D eigenvalue weighted by Crippen LogP contribution is -2.50. The first-order chi connectivity index (χ1) is 9.75. The lowest BCUT2D eigenvalue weighted by Gasteiger charge is -2.32. The van der Waals surface area contributed by atoms with Crippen molar-refractivity contribution < 1.29 is 9.53 Å². The van der Waals surface area contributed by atoms with Crippen LogP contribution >= 0.6 is 12.4 Å². The van der Waals surface area contributed by atoms with E-state index < -0.39 is 0 Å². The van der Waals surface area contributed by atoms with Crippen molar-refractivity contribution in [3.05, 3.63) is 29.8 Å². The van der Waals surface area contributed by atoms with Crippen LogP contribution in [-0.2, 0) is 4.79 Å². The molecule has 1 amide bonds. The summed E-state index contributed by atoms with van der Waals surface area (Å²) in [5.41, 5.74) is 1.22. The maximum atomic E-state index is 12.2. The summed E-state index contributed by atoms with van der Waals surface area (Å²) in [6.07, 6.45) is 0.969. The summed E-state index contributed by atoms with van der Waals surface area (Å²) >= 11 is 0. The monoisotopic (exact) mass is 310 g/mol. The Hall–Kier alpha value is -1.26. The average molecular weight is 311 g/mol. The molecule has 1 aromatic rings. The van der Waals surface area contributed by atoms with Crippen molar-refractivity contribution >= 4 is 18.3 Å². The van der Waals surface area contributed by atoms with E-state index in [1.54, 1.807) is 0 Å². The number of nitrogens with one attached hydrogen (secondary N) is 2. The molecule has 1 saturated heterocycles. The van der Waals surface area contributed by atoms with Crippen LogP contribution in [0.5, 0.6) is 5.75 Å². The molecule has 0 radical (unpaired) electrons. The highest BCUT2D eigenvalue weighted by molar-refractivity contribution is 5.85. The third-order valence-electron chi connectivity index (χ3n) is 4.54. The van der Waals surface area contributed by atoms with Crippen LogP contribution in [-0.4, -0.2) is 32.1 Å². The van der Waals surface area contributed by atoms with Crippen molar-refractivity contribution in [3.8, 4) is 5.75 Å². The quantitative estimate of drug-likeness (QED) is 0.893. The fraction of sp³-hybridized carbons (Fsp3) is 0.562. The second kappa shape index (κ2) is 7.14. The standard InChI is InChI=1S/C16H22N2O2.ClH/c1-11(13-8-17-9-13)16(19)18-10-12-6-7-20-15-5-3-2-4-14(12)15;/h2-5,11-13,17H,6-10H2,1H3,(H,18,19);1H. The molecule has 2 aliphatic heterocycles. The van der Waals surface area contributed by atoms with Crippen LogP contribution in [0.2, 0.25) is 0 Å². The first-order valence-electron chi connectivity index (χ1n) is 7.46. The van der Waals surface area contributed by atoms with E-state index in [0.717, 1.165) is 31.9 Å². The fourth-order valence-electron chi connectivity index (χ4n) is 2.89. The number of fused-ring (bicyclic) bond motifs is 1. The van der Waals surface area contributed by atoms with Gasteiger partial charge in [-0.05, 0) is 37.1 Å². The Kier molecular flexibility index (Phi) is 5.48. The van der Waals surface area contributed by atoms with Gasteiger partial charge in [0.1, 0.15) is 5.75 Å². The molecule has 0 spiro atoms. The topological polar surface area (TPSA) is 50.4 Å². The Bertz CT molecular complexity index is 491. The van der Waals surface area contributed by atoms with Crippen molar-refractivity contribution in [1.29, 1.82) is 0 Å². The SMILES string of the molecule is CC(C(=O)NCC1CCOc2ccccc21)C1CNC1.Cl. The smallest absolute Gasteiger partial charge is 0.223 e. The summed E-state index contributed by atoms with van der Waals surface area (Å²) in [6, 6.07) is 8.13. The number of benzene rings is 1. The van der Waals surface area contributed by atoms with Crippen molar-refractivity contribution in [3.63, 3.8) is 0 Å². The Morgan fingerprint density at radius 1 is 1.43 bits per heavy atom. The van der Waals surface area contributed by atoms with Gasteiger partial charge in [-0.2, -0.15) is 0 Å². The summed E-state index contributed by atoms with van der Waals surface area (Å²) in [4.78, 5) is 12.2. The van der Waals surface area contributed by atoms with E-state index in [-0.39, 0.29) is 24.2 Å². The number of rotatable bonds is 4. The number of ether oxygens (including phenoxy) is 1. The van der Waals surface area contributed by atoms with E-state index in [1.165, 1.54) is 5.56 Å². The van der Waals surface area contributed by atoms with Crippen LogP contribution in [0.3, 0.4) is 0 Å². The normalized spacial score (nSPS) is 22.0. The minimum absolute atomic E-state index is 0. The zero-order valence-corrected chi connectivity index (χ0v) is 13.1. The van der Waals surface area contributed by atoms with Crippen LogP contribution in [0.4, 0.5) is 0 Å². The highest BCUT2D eigenvalue weighted by Gasteiger charge is 2.29. The number of carbonyl (C=O) groups is 1. The van der Waals surface area contributed by atoms with Gasteiger partial charge in [-0.1, -0.05) is 25.1 Å². The number of amides is 1. The molecule has 21 heavy (non-hydrogen) atoms. The van der Waals surface area contributed by atoms with Crippen molar-refractivity contribution in [2.24, 2.45) is 11.8 Å². The maximum absolute atomic E-state index is 12.2.